The molecule has 0 aliphatic heterocycles. The number of aromatic nitrogens is 1. The second kappa shape index (κ2) is 16.0. The normalized spacial score (nSPS) is 14.7. The minimum absolute atomic E-state index is 0.0739. The van der Waals surface area contributed by atoms with Gasteiger partial charge in [0.2, 0.25) is 0 Å². The largest absolute Gasteiger partial charge is 0.308 e. The van der Waals surface area contributed by atoms with E-state index in [0.717, 1.165) is 59.7 Å². The fourth-order valence-corrected chi connectivity index (χ4v) is 13.7. The zero-order chi connectivity index (χ0) is 53.5. The number of hydrogen-bond donors (Lipinski definition) is 0. The van der Waals surface area contributed by atoms with E-state index in [1.807, 2.05) is 170 Å². The van der Waals surface area contributed by atoms with E-state index in [1.54, 1.807) is 6.07 Å². The molecular formula is C60H43NSi. The molecule has 0 spiro atoms. The van der Waals surface area contributed by atoms with Crippen molar-refractivity contribution in [1.29, 1.82) is 0 Å². The summed E-state index contributed by atoms with van der Waals surface area (Å²) >= 11 is 0. The molecule has 11 rings (SSSR count). The lowest BCUT2D eigenvalue weighted by atomic mass is 9.93. The van der Waals surface area contributed by atoms with Crippen molar-refractivity contribution in [2.45, 2.75) is 0 Å². The second-order valence-corrected chi connectivity index (χ2v) is 18.6. The Bertz CT molecular complexity index is 4070. The fraction of sp³-hybridized carbons (Fsp3) is 0. The highest BCUT2D eigenvalue weighted by molar-refractivity contribution is 7.20. The van der Waals surface area contributed by atoms with Crippen molar-refractivity contribution in [3.63, 3.8) is 0 Å². The van der Waals surface area contributed by atoms with Gasteiger partial charge in [-0.15, -0.1) is 0 Å². The first-order valence-electron chi connectivity index (χ1n) is 27.3. The van der Waals surface area contributed by atoms with Crippen molar-refractivity contribution in [3.8, 4) is 50.2 Å². The highest BCUT2D eigenvalue weighted by Crippen LogP contribution is 2.42. The summed E-state index contributed by atoms with van der Waals surface area (Å²) in [5.74, 6) is 0. The van der Waals surface area contributed by atoms with E-state index in [1.165, 1.54) is 0 Å². The number of nitrogens with zero attached hydrogens (tertiary/aromatic N) is 1. The molecule has 10 aromatic carbocycles. The molecule has 0 unspecified atom stereocenters. The molecule has 11 aromatic rings. The predicted molar refractivity (Wildman–Crippen MR) is 266 cm³/mol. The van der Waals surface area contributed by atoms with Crippen LogP contribution in [-0.2, 0) is 0 Å². The highest BCUT2D eigenvalue weighted by Gasteiger charge is 2.43. The van der Waals surface area contributed by atoms with Gasteiger partial charge in [0.1, 0.15) is 0 Å². The fourth-order valence-electron chi connectivity index (χ4n) is 8.99. The Balaban J connectivity index is 1.31. The molecule has 0 amide bonds. The van der Waals surface area contributed by atoms with Crippen LogP contribution in [0.25, 0.3) is 72.0 Å². The molecule has 0 bridgehead atoms. The van der Waals surface area contributed by atoms with E-state index < -0.39 is 74.1 Å². The van der Waals surface area contributed by atoms with Crippen LogP contribution in [-0.4, -0.2) is 12.6 Å². The van der Waals surface area contributed by atoms with Gasteiger partial charge in [-0.1, -0.05) is 242 Å². The molecule has 292 valence electrons. The van der Waals surface area contributed by atoms with Gasteiger partial charge in [0.15, 0.2) is 8.07 Å². The van der Waals surface area contributed by atoms with Gasteiger partial charge in [-0.25, -0.2) is 0 Å². The Hall–Kier alpha value is -7.78. The maximum Gasteiger partial charge on any atom is 0.180 e. The molecule has 1 aromatic heterocycles. The van der Waals surface area contributed by atoms with Gasteiger partial charge in [-0.2, -0.15) is 0 Å². The van der Waals surface area contributed by atoms with E-state index >= 15 is 0 Å². The summed E-state index contributed by atoms with van der Waals surface area (Å²) in [6.45, 7) is 0. The molecule has 1 heterocycles. The number of benzene rings is 10. The first kappa shape index (κ1) is 25.1. The number of hydrogen-bond acceptors (Lipinski definition) is 0. The van der Waals surface area contributed by atoms with Crippen LogP contribution in [0.2, 0.25) is 0 Å². The highest BCUT2D eigenvalue weighted by atomic mass is 28.3. The molecule has 0 N–H and O–H groups in total. The van der Waals surface area contributed by atoms with E-state index in [4.69, 9.17) is 13.7 Å². The zero-order valence-electron chi connectivity index (χ0n) is 47.2. The molecule has 0 aliphatic carbocycles. The lowest BCUT2D eigenvalue weighted by Crippen LogP contribution is -2.74. The lowest BCUT2D eigenvalue weighted by molar-refractivity contribution is 1.18. The average Bonchev–Trinajstić information content (AvgIpc) is 3.83. The second-order valence-electron chi connectivity index (χ2n) is 14.9. The summed E-state index contributed by atoms with van der Waals surface area (Å²) in [7, 11) is -4.20. The third-order valence-electron chi connectivity index (χ3n) is 11.6. The predicted octanol–water partition coefficient (Wildman–Crippen LogP) is 12.8. The van der Waals surface area contributed by atoms with Crippen LogP contribution in [0.3, 0.4) is 0 Å². The summed E-state index contributed by atoms with van der Waals surface area (Å²) in [6, 6.07) is 49.1. The van der Waals surface area contributed by atoms with Crippen LogP contribution in [0, 0.1) is 0 Å². The molecular weight excluding hydrogens is 763 g/mol. The number of rotatable bonds is 9. The topological polar surface area (TPSA) is 4.93 Å². The van der Waals surface area contributed by atoms with Crippen molar-refractivity contribution < 1.29 is 19.2 Å². The minimum Gasteiger partial charge on any atom is -0.308 e. The molecule has 0 atom stereocenters. The summed E-state index contributed by atoms with van der Waals surface area (Å²) in [5, 5.41) is 3.87. The third-order valence-corrected chi connectivity index (χ3v) is 16.2. The molecule has 0 radical (unpaired) electrons. The van der Waals surface area contributed by atoms with Crippen molar-refractivity contribution in [2.75, 3.05) is 0 Å². The standard InChI is InChI=1S/C60H43NSi/c1-6-22-44(23-7-1)47-28-18-30-49(42-47)54-38-20-37-53(46-26-10-3-11-27-46)60(54)61-56-39-17-16-36-55(56)59-57(61)40-21-41-58(59)62(50-31-12-4-13-32-50,51-33-14-5-15-34-51)52-35-19-29-48(43-52)45-24-8-2-9-25-45/h1-43H/i1D,2D,6D,7D,8D,9D,19D,22D,23D,24D,25D,29D,35D,43D. The minimum atomic E-state index is -4.20. The molecule has 1 nitrogen and oxygen atoms in total. The monoisotopic (exact) mass is 819 g/mol. The van der Waals surface area contributed by atoms with Crippen LogP contribution >= 0.6 is 0 Å². The van der Waals surface area contributed by atoms with Gasteiger partial charge in [-0.3, -0.25) is 0 Å². The molecule has 0 saturated heterocycles. The van der Waals surface area contributed by atoms with Gasteiger partial charge in [0, 0.05) is 21.9 Å². The van der Waals surface area contributed by atoms with Crippen LogP contribution in [0.15, 0.2) is 261 Å². The number of para-hydroxylation sites is 2. The van der Waals surface area contributed by atoms with Crippen molar-refractivity contribution in [2.24, 2.45) is 0 Å². The first-order chi connectivity index (χ1) is 36.6. The molecule has 0 fully saturated rings. The summed E-state index contributed by atoms with van der Waals surface area (Å²) in [5.41, 5.74) is 5.28. The zero-order valence-corrected chi connectivity index (χ0v) is 34.2. The molecule has 0 aliphatic rings. The average molecular weight is 820 g/mol. The van der Waals surface area contributed by atoms with Crippen molar-refractivity contribution in [1.82, 2.24) is 4.57 Å². The van der Waals surface area contributed by atoms with Crippen LogP contribution in [0.1, 0.15) is 19.2 Å². The summed E-state index contributed by atoms with van der Waals surface area (Å²) < 4.78 is 128. The maximum absolute atomic E-state index is 10.4. The van der Waals surface area contributed by atoms with Gasteiger partial charge in [0.25, 0.3) is 0 Å². The summed E-state index contributed by atoms with van der Waals surface area (Å²) in [6.07, 6.45) is 0. The van der Waals surface area contributed by atoms with Gasteiger partial charge < -0.3 is 4.57 Å². The Morgan fingerprint density at radius 3 is 1.56 bits per heavy atom. The van der Waals surface area contributed by atoms with E-state index in [0.29, 0.717) is 11.1 Å². The Labute approximate surface area is 384 Å². The van der Waals surface area contributed by atoms with Gasteiger partial charge >= 0.3 is 0 Å². The molecule has 2 heteroatoms. The first-order valence-corrected chi connectivity index (χ1v) is 22.3. The lowest BCUT2D eigenvalue weighted by Gasteiger charge is -2.35. The smallest absolute Gasteiger partial charge is 0.180 e. The Morgan fingerprint density at radius 2 is 0.871 bits per heavy atom. The number of fused-ring (bicyclic) bond motifs is 3. The van der Waals surface area contributed by atoms with E-state index in [2.05, 4.69) is 4.57 Å². The van der Waals surface area contributed by atoms with E-state index in [-0.39, 0.29) is 40.5 Å². The maximum atomic E-state index is 10.4. The molecule has 62 heavy (non-hydrogen) atoms. The third kappa shape index (κ3) is 6.32. The van der Waals surface area contributed by atoms with Crippen LogP contribution in [0.5, 0.6) is 0 Å². The quantitative estimate of drug-likeness (QED) is 0.101. The molecule has 0 saturated carbocycles. The van der Waals surface area contributed by atoms with Crippen LogP contribution in [0.4, 0.5) is 0 Å². The van der Waals surface area contributed by atoms with Gasteiger partial charge in [0.05, 0.1) is 35.9 Å². The Morgan fingerprint density at radius 1 is 0.355 bits per heavy atom. The van der Waals surface area contributed by atoms with Crippen molar-refractivity contribution >= 4 is 50.6 Å². The Kier molecular flexibility index (Phi) is 6.48. The van der Waals surface area contributed by atoms with Crippen LogP contribution < -0.4 is 20.7 Å². The summed E-state index contributed by atoms with van der Waals surface area (Å²) in [4.78, 5) is 0. The SMILES string of the molecule is [2H]c1c([2H])c([2H])c(-c2cccc(-c3cccc(-c4ccccc4)c3-n3c4ccccc4c4c([Si](c5ccccc5)(c5ccccc5)c5c([2H])c([2H])c([2H])c(-c6c([2H])c([2H])c([2H])c([2H])c6[2H])c5[2H])cccc43)c2)c([2H])c1[2H]. The van der Waals surface area contributed by atoms with Gasteiger partial charge in [-0.05, 0) is 72.3 Å². The van der Waals surface area contributed by atoms with E-state index in [9.17, 15) is 5.48 Å². The van der Waals surface area contributed by atoms with Crippen molar-refractivity contribution in [3.05, 3.63) is 261 Å².